The average Bonchev–Trinajstić information content (AvgIpc) is 3.41. The predicted molar refractivity (Wildman–Crippen MR) is 145 cm³/mol. The van der Waals surface area contributed by atoms with Gasteiger partial charge in [-0.1, -0.05) is 32.0 Å². The van der Waals surface area contributed by atoms with Crippen LogP contribution in [0.1, 0.15) is 53.5 Å². The van der Waals surface area contributed by atoms with Crippen LogP contribution in [0, 0.1) is 17.6 Å². The highest BCUT2D eigenvalue weighted by Crippen LogP contribution is 2.22. The molecule has 1 amide bonds. The van der Waals surface area contributed by atoms with Crippen LogP contribution < -0.4 is 11.1 Å². The molecule has 5 rings (SSSR count). The fraction of sp³-hybridized carbons (Fsp3) is 0.241. The van der Waals surface area contributed by atoms with Crippen LogP contribution in [0.5, 0.6) is 0 Å². The molecule has 3 heterocycles. The van der Waals surface area contributed by atoms with Gasteiger partial charge in [0, 0.05) is 30.5 Å². The third-order valence-electron chi connectivity index (χ3n) is 6.75. The Balaban J connectivity index is 1.39. The number of halogens is 2. The van der Waals surface area contributed by atoms with E-state index in [1.807, 2.05) is 38.1 Å². The zero-order valence-corrected chi connectivity index (χ0v) is 21.9. The molecule has 0 aliphatic heterocycles. The molecule has 0 bridgehead atoms. The Morgan fingerprint density at radius 2 is 1.80 bits per heavy atom. The highest BCUT2D eigenvalue weighted by atomic mass is 19.2. The van der Waals surface area contributed by atoms with E-state index in [9.17, 15) is 18.4 Å². The number of nitrogens with one attached hydrogen (secondary N) is 1. The molecule has 0 aliphatic carbocycles. The lowest BCUT2D eigenvalue weighted by Gasteiger charge is -2.17. The van der Waals surface area contributed by atoms with Crippen molar-refractivity contribution in [2.75, 3.05) is 5.73 Å². The quantitative estimate of drug-likeness (QED) is 0.264. The summed E-state index contributed by atoms with van der Waals surface area (Å²) >= 11 is 0. The van der Waals surface area contributed by atoms with E-state index in [0.29, 0.717) is 11.4 Å². The number of carbonyl (C=O) groups is 2. The van der Waals surface area contributed by atoms with Crippen LogP contribution in [0.3, 0.4) is 0 Å². The summed E-state index contributed by atoms with van der Waals surface area (Å²) in [4.78, 5) is 39.3. The zero-order chi connectivity index (χ0) is 28.4. The zero-order valence-electron chi connectivity index (χ0n) is 21.9. The van der Waals surface area contributed by atoms with E-state index < -0.39 is 23.5 Å². The summed E-state index contributed by atoms with van der Waals surface area (Å²) < 4.78 is 29.0. The Kier molecular flexibility index (Phi) is 7.45. The number of pyridine rings is 1. The topological polar surface area (TPSA) is 128 Å². The highest BCUT2D eigenvalue weighted by molar-refractivity contribution is 5.97. The van der Waals surface area contributed by atoms with Crippen molar-refractivity contribution in [1.29, 1.82) is 0 Å². The number of anilines is 1. The second-order valence-electron chi connectivity index (χ2n) is 9.94. The third kappa shape index (κ3) is 5.63. The van der Waals surface area contributed by atoms with Crippen molar-refractivity contribution in [2.45, 2.75) is 39.2 Å². The van der Waals surface area contributed by atoms with Gasteiger partial charge in [-0.15, -0.1) is 0 Å². The molecule has 3 N–H and O–H groups in total. The first-order chi connectivity index (χ1) is 19.2. The maximum atomic E-state index is 13.9. The van der Waals surface area contributed by atoms with Gasteiger partial charge in [-0.3, -0.25) is 9.59 Å². The average molecular weight is 544 g/mol. The highest BCUT2D eigenvalue weighted by Gasteiger charge is 2.25. The van der Waals surface area contributed by atoms with Gasteiger partial charge in [-0.25, -0.2) is 23.3 Å². The second kappa shape index (κ2) is 11.1. The molecule has 11 heteroatoms. The number of benzene rings is 2. The standard InChI is InChI=1S/C29H27F2N7O2/c1-16(2)25-13-24(37-29-35-15-36-38(25)29)26(39)12-20(9-17-4-6-22(30)23(31)11-17)28(40)34-14-18-3-5-21-19(10-18)7-8-33-27(21)32/h3-8,10-11,13,15-16,20H,9,12,14H2,1-2H3,(H2,32,33)(H,34,40)/t20-/m1/s1. The van der Waals surface area contributed by atoms with Gasteiger partial charge in [0.2, 0.25) is 5.91 Å². The molecule has 5 aromatic rings. The van der Waals surface area contributed by atoms with E-state index in [1.165, 1.54) is 12.4 Å². The van der Waals surface area contributed by atoms with Crippen molar-refractivity contribution in [3.05, 3.63) is 95.2 Å². The third-order valence-corrected chi connectivity index (χ3v) is 6.75. The number of hydrogen-bond acceptors (Lipinski definition) is 7. The monoisotopic (exact) mass is 543 g/mol. The van der Waals surface area contributed by atoms with Gasteiger partial charge in [0.25, 0.3) is 5.78 Å². The van der Waals surface area contributed by atoms with Crippen LogP contribution in [-0.4, -0.2) is 36.3 Å². The Morgan fingerprint density at radius 1 is 1.00 bits per heavy atom. The molecule has 204 valence electrons. The molecule has 0 saturated carbocycles. The number of amides is 1. The van der Waals surface area contributed by atoms with Crippen LogP contribution in [0.2, 0.25) is 0 Å². The number of carbonyl (C=O) groups excluding carboxylic acids is 2. The lowest BCUT2D eigenvalue weighted by molar-refractivity contribution is -0.125. The molecule has 0 unspecified atom stereocenters. The number of Topliss-reactive ketones (excluding diaryl/α,β-unsaturated/α-hetero) is 1. The molecule has 40 heavy (non-hydrogen) atoms. The largest absolute Gasteiger partial charge is 0.383 e. The van der Waals surface area contributed by atoms with Crippen molar-refractivity contribution in [2.24, 2.45) is 5.92 Å². The number of fused-ring (bicyclic) bond motifs is 2. The smallest absolute Gasteiger partial charge is 0.253 e. The van der Waals surface area contributed by atoms with E-state index in [4.69, 9.17) is 5.73 Å². The summed E-state index contributed by atoms with van der Waals surface area (Å²) in [5, 5.41) is 8.73. The summed E-state index contributed by atoms with van der Waals surface area (Å²) in [6, 6.07) is 12.5. The first-order valence-electron chi connectivity index (χ1n) is 12.8. The molecule has 2 aromatic carbocycles. The van der Waals surface area contributed by atoms with Gasteiger partial charge in [0.15, 0.2) is 17.4 Å². The van der Waals surface area contributed by atoms with Crippen molar-refractivity contribution >= 4 is 34.1 Å². The molecular weight excluding hydrogens is 516 g/mol. The first-order valence-corrected chi connectivity index (χ1v) is 12.8. The lowest BCUT2D eigenvalue weighted by Crippen LogP contribution is -2.33. The Bertz CT molecular complexity index is 1730. The Morgan fingerprint density at radius 3 is 2.58 bits per heavy atom. The molecule has 0 fully saturated rings. The molecule has 9 nitrogen and oxygen atoms in total. The molecule has 0 spiro atoms. The van der Waals surface area contributed by atoms with Crippen LogP contribution in [0.4, 0.5) is 14.6 Å². The van der Waals surface area contributed by atoms with E-state index in [0.717, 1.165) is 34.2 Å². The molecular formula is C29H27F2N7O2. The predicted octanol–water partition coefficient (Wildman–Crippen LogP) is 4.40. The van der Waals surface area contributed by atoms with E-state index in [-0.39, 0.29) is 42.6 Å². The number of ketones is 1. The van der Waals surface area contributed by atoms with Gasteiger partial charge >= 0.3 is 0 Å². The Hall–Kier alpha value is -4.80. The van der Waals surface area contributed by atoms with Crippen LogP contribution in [0.25, 0.3) is 16.6 Å². The van der Waals surface area contributed by atoms with E-state index >= 15 is 0 Å². The fourth-order valence-corrected chi connectivity index (χ4v) is 4.62. The lowest BCUT2D eigenvalue weighted by atomic mass is 9.92. The number of rotatable bonds is 9. The minimum Gasteiger partial charge on any atom is -0.383 e. The molecule has 0 radical (unpaired) electrons. The summed E-state index contributed by atoms with van der Waals surface area (Å²) in [6.07, 6.45) is 2.80. The number of nitrogens with zero attached hydrogens (tertiary/aromatic N) is 5. The minimum atomic E-state index is -1.02. The molecule has 0 saturated heterocycles. The van der Waals surface area contributed by atoms with E-state index in [1.54, 1.807) is 16.8 Å². The van der Waals surface area contributed by atoms with Gasteiger partial charge in [-0.2, -0.15) is 10.1 Å². The SMILES string of the molecule is CC(C)c1cc(C(=O)C[C@@H](Cc2ccc(F)c(F)c2)C(=O)NCc2ccc3c(N)nccc3c2)nc2ncnn12. The fourth-order valence-electron chi connectivity index (χ4n) is 4.62. The number of nitrogen functional groups attached to an aromatic ring is 1. The summed E-state index contributed by atoms with van der Waals surface area (Å²) in [5.74, 6) is -2.92. The number of nitrogens with two attached hydrogens (primary N) is 1. The van der Waals surface area contributed by atoms with Crippen molar-refractivity contribution in [1.82, 2.24) is 29.9 Å². The second-order valence-corrected chi connectivity index (χ2v) is 9.94. The summed E-state index contributed by atoms with van der Waals surface area (Å²) in [7, 11) is 0. The van der Waals surface area contributed by atoms with Crippen LogP contribution >= 0.6 is 0 Å². The van der Waals surface area contributed by atoms with Crippen LogP contribution in [-0.2, 0) is 17.8 Å². The Labute approximate surface area is 228 Å². The minimum absolute atomic E-state index is 0.0267. The molecule has 1 atom stereocenters. The van der Waals surface area contributed by atoms with Gasteiger partial charge < -0.3 is 11.1 Å². The van der Waals surface area contributed by atoms with Gasteiger partial charge in [-0.05, 0) is 59.2 Å². The van der Waals surface area contributed by atoms with Crippen molar-refractivity contribution < 1.29 is 18.4 Å². The van der Waals surface area contributed by atoms with Crippen LogP contribution in [0.15, 0.2) is 61.1 Å². The first kappa shape index (κ1) is 26.8. The maximum absolute atomic E-state index is 13.9. The van der Waals surface area contributed by atoms with E-state index in [2.05, 4.69) is 25.4 Å². The molecule has 0 aliphatic rings. The maximum Gasteiger partial charge on any atom is 0.253 e. The summed E-state index contributed by atoms with van der Waals surface area (Å²) in [6.45, 7) is 4.12. The summed E-state index contributed by atoms with van der Waals surface area (Å²) in [5.41, 5.74) is 8.06. The van der Waals surface area contributed by atoms with Crippen molar-refractivity contribution in [3.8, 4) is 0 Å². The normalized spacial score (nSPS) is 12.2. The van der Waals surface area contributed by atoms with Crippen molar-refractivity contribution in [3.63, 3.8) is 0 Å². The number of hydrogen-bond donors (Lipinski definition) is 2. The number of aromatic nitrogens is 5. The molecule has 3 aromatic heterocycles. The van der Waals surface area contributed by atoms with Gasteiger partial charge in [0.05, 0.1) is 5.69 Å². The van der Waals surface area contributed by atoms with Gasteiger partial charge in [0.1, 0.15) is 17.8 Å².